The van der Waals surface area contributed by atoms with Crippen molar-refractivity contribution in [2.24, 2.45) is 0 Å². The van der Waals surface area contributed by atoms with Crippen molar-refractivity contribution < 1.29 is 42.1 Å². The van der Waals surface area contributed by atoms with E-state index in [0.29, 0.717) is 28.8 Å². The largest absolute Gasteiger partial charge is 0.489 e. The lowest BCUT2D eigenvalue weighted by Crippen LogP contribution is -2.19. The number of rotatable bonds is 9. The van der Waals surface area contributed by atoms with Gasteiger partial charge >= 0.3 is 5.97 Å². The molecule has 5 rings (SSSR count). The van der Waals surface area contributed by atoms with Gasteiger partial charge in [0.05, 0.1) is 56.2 Å². The third kappa shape index (κ3) is 8.29. The van der Waals surface area contributed by atoms with E-state index in [1.165, 1.54) is 38.5 Å². The Morgan fingerprint density at radius 3 is 2.57 bits per heavy atom. The molecule has 1 aliphatic rings. The number of esters is 1. The van der Waals surface area contributed by atoms with Crippen molar-refractivity contribution in [2.45, 2.75) is 26.1 Å². The van der Waals surface area contributed by atoms with Gasteiger partial charge in [-0.2, -0.15) is 5.26 Å². The van der Waals surface area contributed by atoms with E-state index in [1.807, 2.05) is 0 Å². The Labute approximate surface area is 281 Å². The molecule has 49 heavy (non-hydrogen) atoms. The summed E-state index contributed by atoms with van der Waals surface area (Å²) in [5.74, 6) is -2.41. The van der Waals surface area contributed by atoms with Gasteiger partial charge in [-0.15, -0.1) is 0 Å². The molecule has 1 aliphatic heterocycles. The lowest BCUT2D eigenvalue weighted by atomic mass is 9.98. The molecule has 0 saturated heterocycles. The van der Waals surface area contributed by atoms with Gasteiger partial charge in [-0.05, 0) is 71.1 Å². The van der Waals surface area contributed by atoms with Gasteiger partial charge in [-0.25, -0.2) is 18.6 Å². The summed E-state index contributed by atoms with van der Waals surface area (Å²) in [5.41, 5.74) is 3.28. The van der Waals surface area contributed by atoms with E-state index in [9.17, 15) is 14.9 Å². The number of nitrogens with zero attached hydrogens (tertiary/aromatic N) is 2. The Morgan fingerprint density at radius 2 is 1.82 bits per heavy atom. The van der Waals surface area contributed by atoms with Crippen LogP contribution in [0.25, 0.3) is 11.3 Å². The Morgan fingerprint density at radius 1 is 0.980 bits per heavy atom. The molecule has 2 N–H and O–H groups in total. The molecule has 0 fully saturated rings. The van der Waals surface area contributed by atoms with Crippen LogP contribution in [0.5, 0.6) is 11.6 Å². The highest BCUT2D eigenvalue weighted by atomic mass is 19.1. The number of methoxy groups -OCH3 is 2. The fraction of sp³-hybridized carbons (Fsp3) is 0.278. The van der Waals surface area contributed by atoms with Crippen LogP contribution in [0.1, 0.15) is 38.2 Å². The quantitative estimate of drug-likeness (QED) is 0.171. The van der Waals surface area contributed by atoms with Gasteiger partial charge in [0.25, 0.3) is 0 Å². The molecule has 2 heterocycles. The molecule has 13 heteroatoms. The fourth-order valence-electron chi connectivity index (χ4n) is 5.30. The molecule has 4 bridgehead atoms. The van der Waals surface area contributed by atoms with E-state index >= 15 is 8.78 Å². The van der Waals surface area contributed by atoms with Gasteiger partial charge < -0.3 is 34.3 Å². The summed E-state index contributed by atoms with van der Waals surface area (Å²) in [6, 6.07) is 15.4. The number of aromatic nitrogens is 1. The molecular weight excluding hydrogens is 638 g/mol. The first-order valence-corrected chi connectivity index (χ1v) is 15.3. The number of hydrogen-bond donors (Lipinski definition) is 2. The summed E-state index contributed by atoms with van der Waals surface area (Å²) in [7, 11) is 4.37. The number of hydrogen-bond acceptors (Lipinski definition) is 10. The highest BCUT2D eigenvalue weighted by Gasteiger charge is 2.22. The number of ether oxygens (including phenoxy) is 5. The van der Waals surface area contributed by atoms with Crippen LogP contribution in [-0.2, 0) is 45.1 Å². The molecular formula is C36H34F2N4O7. The van der Waals surface area contributed by atoms with Crippen LogP contribution in [0.2, 0.25) is 0 Å². The van der Waals surface area contributed by atoms with Crippen LogP contribution < -0.4 is 20.1 Å². The zero-order chi connectivity index (χ0) is 34.9. The van der Waals surface area contributed by atoms with Gasteiger partial charge in [0.15, 0.2) is 0 Å². The maximum Gasteiger partial charge on any atom is 0.338 e. The summed E-state index contributed by atoms with van der Waals surface area (Å²) in [6.45, 7) is 0.677. The van der Waals surface area contributed by atoms with Gasteiger partial charge in [0.1, 0.15) is 42.0 Å². The van der Waals surface area contributed by atoms with E-state index < -0.39 is 23.5 Å². The van der Waals surface area contributed by atoms with E-state index in [0.717, 1.165) is 23.3 Å². The van der Waals surface area contributed by atoms with Gasteiger partial charge in [0, 0.05) is 25.8 Å². The number of pyridine rings is 1. The predicted octanol–water partition coefficient (Wildman–Crippen LogP) is 5.58. The van der Waals surface area contributed by atoms with E-state index in [1.54, 1.807) is 25.2 Å². The number of amides is 1. The second kappa shape index (κ2) is 16.0. The fourth-order valence-corrected chi connectivity index (χ4v) is 5.30. The molecule has 1 amide bonds. The average Bonchev–Trinajstić information content (AvgIpc) is 3.10. The lowest BCUT2D eigenvalue weighted by Gasteiger charge is -2.19. The summed E-state index contributed by atoms with van der Waals surface area (Å²) in [4.78, 5) is 30.1. The normalized spacial score (nSPS) is 12.4. The minimum atomic E-state index is -0.793. The van der Waals surface area contributed by atoms with Crippen LogP contribution in [0.4, 0.5) is 20.2 Å². The maximum atomic E-state index is 15.7. The second-order valence-corrected chi connectivity index (χ2v) is 11.0. The highest BCUT2D eigenvalue weighted by molar-refractivity contribution is 6.00. The van der Waals surface area contributed by atoms with Crippen molar-refractivity contribution in [2.75, 3.05) is 51.7 Å². The minimum absolute atomic E-state index is 0.0258. The molecule has 3 aromatic carbocycles. The number of nitriles is 1. The molecule has 4 aromatic rings. The van der Waals surface area contributed by atoms with Crippen LogP contribution in [0.15, 0.2) is 54.6 Å². The summed E-state index contributed by atoms with van der Waals surface area (Å²) >= 11 is 0. The molecule has 0 unspecified atom stereocenters. The Hall–Kier alpha value is -5.58. The molecule has 0 radical (unpaired) electrons. The number of anilines is 2. The highest BCUT2D eigenvalue weighted by Crippen LogP contribution is 2.36. The number of nitrogens with one attached hydrogen (secondary N) is 2. The molecule has 1 aromatic heterocycles. The number of benzene rings is 3. The first-order valence-electron chi connectivity index (χ1n) is 15.3. The predicted molar refractivity (Wildman–Crippen MR) is 175 cm³/mol. The average molecular weight is 673 g/mol. The lowest BCUT2D eigenvalue weighted by molar-refractivity contribution is -0.115. The summed E-state index contributed by atoms with van der Waals surface area (Å²) < 4.78 is 58.4. The number of carbonyl (C=O) groups is 2. The number of carbonyl (C=O) groups excluding carboxylic acids is 2. The molecule has 0 saturated carbocycles. The monoisotopic (exact) mass is 672 g/mol. The Kier molecular flexibility index (Phi) is 11.4. The van der Waals surface area contributed by atoms with Crippen LogP contribution in [-0.4, -0.2) is 57.9 Å². The second-order valence-electron chi connectivity index (χ2n) is 11.0. The zero-order valence-electron chi connectivity index (χ0n) is 27.2. The number of halogens is 2. The van der Waals surface area contributed by atoms with Crippen LogP contribution in [0, 0.1) is 23.0 Å². The molecule has 0 aliphatic carbocycles. The molecule has 0 atom stereocenters. The first-order chi connectivity index (χ1) is 23.7. The van der Waals surface area contributed by atoms with Crippen molar-refractivity contribution in [1.29, 1.82) is 5.26 Å². The summed E-state index contributed by atoms with van der Waals surface area (Å²) in [5, 5.41) is 15.2. The van der Waals surface area contributed by atoms with E-state index in [2.05, 4.69) is 21.7 Å². The van der Waals surface area contributed by atoms with Crippen molar-refractivity contribution in [3.63, 3.8) is 0 Å². The van der Waals surface area contributed by atoms with Crippen molar-refractivity contribution in [3.8, 4) is 29.0 Å². The van der Waals surface area contributed by atoms with Crippen LogP contribution in [0.3, 0.4) is 0 Å². The van der Waals surface area contributed by atoms with Gasteiger partial charge in [-0.1, -0.05) is 6.07 Å². The maximum absolute atomic E-state index is 15.7. The van der Waals surface area contributed by atoms with Gasteiger partial charge in [0.2, 0.25) is 11.8 Å². The Balaban J connectivity index is 1.48. The third-order valence-electron chi connectivity index (χ3n) is 7.80. The van der Waals surface area contributed by atoms with Crippen LogP contribution >= 0.6 is 0 Å². The zero-order valence-corrected chi connectivity index (χ0v) is 27.2. The smallest absolute Gasteiger partial charge is 0.338 e. The SMILES string of the molecule is CNc1cc(C(=O)OC)cc(OCCOC)c1NC(=O)Cc1cc(F)c2cc1COCCc1cc(C#N)ccc1COc1ccc(F)c-2n1. The van der Waals surface area contributed by atoms with E-state index in [-0.39, 0.29) is 73.6 Å². The van der Waals surface area contributed by atoms with Gasteiger partial charge in [-0.3, -0.25) is 4.79 Å². The first kappa shape index (κ1) is 34.7. The van der Waals surface area contributed by atoms with E-state index in [4.69, 9.17) is 23.7 Å². The topological polar surface area (TPSA) is 141 Å². The third-order valence-corrected chi connectivity index (χ3v) is 7.80. The minimum Gasteiger partial charge on any atom is -0.489 e. The number of fused-ring (bicyclic) bond motifs is 6. The summed E-state index contributed by atoms with van der Waals surface area (Å²) in [6.07, 6.45) is 0.156. The molecule has 0 spiro atoms. The molecule has 254 valence electrons. The molecule has 11 nitrogen and oxygen atoms in total. The standard InChI is InChI=1S/C36H34F2N4O7/c1-40-30-15-25(36(44)46-3)16-31(48-11-10-45-2)35(30)41-32(43)17-24-14-29(38)27-13-26(24)19-47-9-8-22-12-21(18-39)4-5-23(22)20-49-33-7-6-28(37)34(27)42-33/h4-7,12-16,40H,8-11,17,19-20H2,1-3H3,(H,41,43). The van der Waals surface area contributed by atoms with Crippen molar-refractivity contribution in [1.82, 2.24) is 4.98 Å². The Bertz CT molecular complexity index is 1910. The van der Waals surface area contributed by atoms with Crippen molar-refractivity contribution in [3.05, 3.63) is 99.6 Å². The van der Waals surface area contributed by atoms with Crippen molar-refractivity contribution >= 4 is 23.3 Å².